The van der Waals surface area contributed by atoms with Crippen LogP contribution in [0.4, 0.5) is 34.6 Å². The topological polar surface area (TPSA) is 84.7 Å². The van der Waals surface area contributed by atoms with Crippen molar-refractivity contribution in [1.82, 2.24) is 0 Å². The highest BCUT2D eigenvalue weighted by molar-refractivity contribution is 5.94. The van der Waals surface area contributed by atoms with Crippen LogP contribution in [-0.2, 0) is 4.79 Å². The van der Waals surface area contributed by atoms with Gasteiger partial charge in [0.15, 0.2) is 0 Å². The Morgan fingerprint density at radius 2 is 1.85 bits per heavy atom. The highest BCUT2D eigenvalue weighted by atomic mass is 19.4. The number of amides is 1. The van der Waals surface area contributed by atoms with Crippen molar-refractivity contribution in [3.63, 3.8) is 0 Å². The van der Waals surface area contributed by atoms with E-state index in [1.54, 1.807) is 0 Å². The summed E-state index contributed by atoms with van der Waals surface area (Å²) in [6.07, 6.45) is -4.82. The van der Waals surface area contributed by atoms with Crippen LogP contribution >= 0.6 is 0 Å². The smallest absolute Gasteiger partial charge is 0.406 e. The van der Waals surface area contributed by atoms with Crippen LogP contribution in [0.5, 0.6) is 5.75 Å². The fraction of sp³-hybridized carbons (Fsp3) is 0.188. The summed E-state index contributed by atoms with van der Waals surface area (Å²) in [6.45, 7) is -0.312. The molecule has 2 aromatic carbocycles. The molecule has 0 atom stereocenters. The second-order valence-electron chi connectivity index (χ2n) is 5.37. The van der Waals surface area contributed by atoms with Gasteiger partial charge in [-0.15, -0.1) is 13.2 Å². The van der Waals surface area contributed by atoms with Crippen molar-refractivity contribution in [2.75, 3.05) is 23.8 Å². The highest BCUT2D eigenvalue weighted by Crippen LogP contribution is 2.28. The fourth-order valence-corrected chi connectivity index (χ4v) is 2.21. The van der Waals surface area contributed by atoms with Crippen LogP contribution in [-0.4, -0.2) is 30.8 Å². The average molecular weight is 387 g/mol. The molecule has 0 spiro atoms. The van der Waals surface area contributed by atoms with Gasteiger partial charge < -0.3 is 15.0 Å². The molecule has 0 radical (unpaired) electrons. The largest absolute Gasteiger partial charge is 0.573 e. The summed E-state index contributed by atoms with van der Waals surface area (Å²) in [5.74, 6) is -1.82. The monoisotopic (exact) mass is 387 g/mol. The van der Waals surface area contributed by atoms with Gasteiger partial charge in [-0.25, -0.2) is 4.39 Å². The van der Waals surface area contributed by atoms with E-state index in [0.29, 0.717) is 0 Å². The zero-order valence-electron chi connectivity index (χ0n) is 13.8. The number of hydrogen-bond donors (Lipinski definition) is 1. The van der Waals surface area contributed by atoms with Gasteiger partial charge >= 0.3 is 6.36 Å². The van der Waals surface area contributed by atoms with Gasteiger partial charge in [-0.1, -0.05) is 0 Å². The standard InChI is InChI=1S/C16H13F4N3O4/c1-22(13-7-2-10(17)8-14(13)23(25)26)9-15(24)21-11-3-5-12(6-4-11)27-16(18,19)20/h2-8H,9H2,1H3,(H,21,24). The molecule has 1 amide bonds. The Morgan fingerprint density at radius 3 is 2.41 bits per heavy atom. The van der Waals surface area contributed by atoms with Gasteiger partial charge in [0.1, 0.15) is 17.3 Å². The van der Waals surface area contributed by atoms with Gasteiger partial charge in [0, 0.05) is 12.7 Å². The number of nitro benzene ring substituents is 1. The molecule has 0 aliphatic heterocycles. The molecule has 0 aliphatic rings. The molecule has 0 heterocycles. The Morgan fingerprint density at radius 1 is 1.22 bits per heavy atom. The van der Waals surface area contributed by atoms with Crippen LogP contribution in [0, 0.1) is 15.9 Å². The molecular weight excluding hydrogens is 374 g/mol. The van der Waals surface area contributed by atoms with E-state index in [1.165, 1.54) is 30.1 Å². The number of anilines is 2. The lowest BCUT2D eigenvalue weighted by molar-refractivity contribution is -0.384. The molecule has 0 bridgehead atoms. The van der Waals surface area contributed by atoms with Crippen molar-refractivity contribution >= 4 is 23.0 Å². The van der Waals surface area contributed by atoms with Crippen LogP contribution < -0.4 is 15.0 Å². The predicted molar refractivity (Wildman–Crippen MR) is 88.1 cm³/mol. The fourth-order valence-electron chi connectivity index (χ4n) is 2.21. The molecule has 7 nitrogen and oxygen atoms in total. The molecule has 0 fully saturated rings. The summed E-state index contributed by atoms with van der Waals surface area (Å²) < 4.78 is 53.2. The normalized spacial score (nSPS) is 11.0. The van der Waals surface area contributed by atoms with E-state index in [4.69, 9.17) is 0 Å². The van der Waals surface area contributed by atoms with Crippen LogP contribution in [0.3, 0.4) is 0 Å². The summed E-state index contributed by atoms with van der Waals surface area (Å²) in [4.78, 5) is 23.5. The number of nitro groups is 1. The first kappa shape index (κ1) is 19.9. The summed E-state index contributed by atoms with van der Waals surface area (Å²) in [5, 5.41) is 13.4. The van der Waals surface area contributed by atoms with Gasteiger partial charge in [-0.2, -0.15) is 0 Å². The molecule has 11 heteroatoms. The molecule has 0 saturated carbocycles. The number of nitrogens with zero attached hydrogens (tertiary/aromatic N) is 2. The molecular formula is C16H13F4N3O4. The second kappa shape index (κ2) is 7.89. The van der Waals surface area contributed by atoms with Crippen LogP contribution in [0.1, 0.15) is 0 Å². The van der Waals surface area contributed by atoms with Crippen molar-refractivity contribution in [1.29, 1.82) is 0 Å². The predicted octanol–water partition coefficient (Wildman–Crippen LogP) is 3.71. The number of carbonyl (C=O) groups excluding carboxylic acids is 1. The van der Waals surface area contributed by atoms with E-state index in [-0.39, 0.29) is 17.9 Å². The zero-order valence-corrected chi connectivity index (χ0v) is 13.8. The zero-order chi connectivity index (χ0) is 20.2. The summed E-state index contributed by atoms with van der Waals surface area (Å²) >= 11 is 0. The first-order valence-corrected chi connectivity index (χ1v) is 7.36. The molecule has 0 aliphatic carbocycles. The van der Waals surface area contributed by atoms with E-state index < -0.39 is 34.4 Å². The number of alkyl halides is 3. The second-order valence-corrected chi connectivity index (χ2v) is 5.37. The first-order valence-electron chi connectivity index (χ1n) is 7.36. The van der Waals surface area contributed by atoms with E-state index in [9.17, 15) is 32.5 Å². The maximum atomic E-state index is 13.2. The summed E-state index contributed by atoms with van der Waals surface area (Å²) in [6, 6.07) is 7.40. The Balaban J connectivity index is 2.02. The van der Waals surface area contributed by atoms with Gasteiger partial charge in [0.2, 0.25) is 5.91 Å². The third kappa shape index (κ3) is 5.83. The molecule has 144 valence electrons. The minimum atomic E-state index is -4.82. The molecule has 27 heavy (non-hydrogen) atoms. The SMILES string of the molecule is CN(CC(=O)Nc1ccc(OC(F)(F)F)cc1)c1ccc(F)cc1[N+](=O)[O-]. The molecule has 2 aromatic rings. The lowest BCUT2D eigenvalue weighted by Gasteiger charge is -2.18. The number of ether oxygens (including phenoxy) is 1. The van der Waals surface area contributed by atoms with Crippen LogP contribution in [0.15, 0.2) is 42.5 Å². The minimum absolute atomic E-state index is 0.0328. The van der Waals surface area contributed by atoms with Gasteiger partial charge in [-0.3, -0.25) is 14.9 Å². The first-order chi connectivity index (χ1) is 12.5. The maximum Gasteiger partial charge on any atom is 0.573 e. The molecule has 1 N–H and O–H groups in total. The van der Waals surface area contributed by atoms with Gasteiger partial charge in [-0.05, 0) is 36.4 Å². The Bertz CT molecular complexity index is 841. The van der Waals surface area contributed by atoms with Crippen molar-refractivity contribution in [3.05, 3.63) is 58.4 Å². The van der Waals surface area contributed by atoms with Crippen LogP contribution in [0.2, 0.25) is 0 Å². The van der Waals surface area contributed by atoms with Gasteiger partial charge in [0.25, 0.3) is 5.69 Å². The van der Waals surface area contributed by atoms with Crippen molar-refractivity contribution in [3.8, 4) is 5.75 Å². The van der Waals surface area contributed by atoms with Crippen molar-refractivity contribution in [2.45, 2.75) is 6.36 Å². The van der Waals surface area contributed by atoms with Crippen LogP contribution in [0.25, 0.3) is 0 Å². The number of rotatable bonds is 6. The summed E-state index contributed by atoms with van der Waals surface area (Å²) in [5.41, 5.74) is -0.263. The lowest BCUT2D eigenvalue weighted by atomic mass is 10.2. The van der Waals surface area contributed by atoms with Crippen molar-refractivity contribution < 1.29 is 32.0 Å². The molecule has 2 rings (SSSR count). The molecule has 0 aromatic heterocycles. The third-order valence-electron chi connectivity index (χ3n) is 3.30. The number of carbonyl (C=O) groups is 1. The Labute approximate surface area is 150 Å². The lowest BCUT2D eigenvalue weighted by Crippen LogP contribution is -2.30. The highest BCUT2D eigenvalue weighted by Gasteiger charge is 2.31. The number of likely N-dealkylation sites (N-methyl/N-ethyl adjacent to an activating group) is 1. The van der Waals surface area contributed by atoms with Gasteiger partial charge in [0.05, 0.1) is 17.5 Å². The average Bonchev–Trinajstić information content (AvgIpc) is 2.55. The number of nitrogens with one attached hydrogen (secondary N) is 1. The molecule has 0 unspecified atom stereocenters. The van der Waals surface area contributed by atoms with E-state index in [2.05, 4.69) is 10.1 Å². The Hall–Kier alpha value is -3.37. The number of benzene rings is 2. The minimum Gasteiger partial charge on any atom is -0.406 e. The van der Waals surface area contributed by atoms with E-state index in [1.807, 2.05) is 0 Å². The summed E-state index contributed by atoms with van der Waals surface area (Å²) in [7, 11) is 1.40. The Kier molecular flexibility index (Phi) is 5.83. The van der Waals surface area contributed by atoms with Crippen molar-refractivity contribution in [2.24, 2.45) is 0 Å². The molecule has 0 saturated heterocycles. The quantitative estimate of drug-likeness (QED) is 0.464. The number of hydrogen-bond acceptors (Lipinski definition) is 5. The maximum absolute atomic E-state index is 13.2. The third-order valence-corrected chi connectivity index (χ3v) is 3.30. The van der Waals surface area contributed by atoms with E-state index >= 15 is 0 Å². The number of halogens is 4. The van der Waals surface area contributed by atoms with E-state index in [0.717, 1.165) is 24.3 Å².